The number of likely N-dealkylation sites (tertiary alicyclic amines) is 1. The third kappa shape index (κ3) is 2.91. The largest absolute Gasteiger partial charge is 0.339 e. The van der Waals surface area contributed by atoms with Gasteiger partial charge in [0.05, 0.1) is 12.0 Å². The maximum absolute atomic E-state index is 12.7. The summed E-state index contributed by atoms with van der Waals surface area (Å²) in [6.07, 6.45) is 3.47. The summed E-state index contributed by atoms with van der Waals surface area (Å²) in [4.78, 5) is 19.3. The third-order valence-electron chi connectivity index (χ3n) is 6.05. The molecule has 28 heavy (non-hydrogen) atoms. The van der Waals surface area contributed by atoms with Crippen molar-refractivity contribution in [2.24, 2.45) is 0 Å². The molecule has 0 N–H and O–H groups in total. The van der Waals surface area contributed by atoms with Crippen molar-refractivity contribution in [3.8, 4) is 11.4 Å². The molecule has 1 aliphatic heterocycles. The molecule has 3 aromatic rings. The number of amides is 1. The predicted octanol–water partition coefficient (Wildman–Crippen LogP) is 4.30. The van der Waals surface area contributed by atoms with Crippen molar-refractivity contribution in [1.29, 1.82) is 0 Å². The van der Waals surface area contributed by atoms with E-state index in [1.54, 1.807) is 0 Å². The highest BCUT2D eigenvalue weighted by Crippen LogP contribution is 2.40. The van der Waals surface area contributed by atoms with Gasteiger partial charge in [-0.2, -0.15) is 4.98 Å². The number of hydrogen-bond acceptors (Lipinski definition) is 4. The van der Waals surface area contributed by atoms with E-state index in [0.29, 0.717) is 24.7 Å². The van der Waals surface area contributed by atoms with Crippen LogP contribution in [0.15, 0.2) is 53.1 Å². The Hall–Kier alpha value is -2.95. The Labute approximate surface area is 164 Å². The Bertz CT molecular complexity index is 1010. The van der Waals surface area contributed by atoms with E-state index in [1.807, 2.05) is 17.0 Å². The monoisotopic (exact) mass is 373 g/mol. The fourth-order valence-corrected chi connectivity index (χ4v) is 4.46. The highest BCUT2D eigenvalue weighted by atomic mass is 16.5. The summed E-state index contributed by atoms with van der Waals surface area (Å²) in [6, 6.07) is 16.8. The molecule has 2 unspecified atom stereocenters. The molecule has 0 radical (unpaired) electrons. The van der Waals surface area contributed by atoms with Gasteiger partial charge in [-0.15, -0.1) is 0 Å². The smallest absolute Gasteiger partial charge is 0.232 e. The molecule has 1 fully saturated rings. The van der Waals surface area contributed by atoms with Crippen molar-refractivity contribution in [3.05, 3.63) is 71.1 Å². The van der Waals surface area contributed by atoms with Gasteiger partial charge in [-0.3, -0.25) is 4.79 Å². The Morgan fingerprint density at radius 3 is 2.79 bits per heavy atom. The van der Waals surface area contributed by atoms with Crippen molar-refractivity contribution in [2.45, 2.75) is 44.6 Å². The summed E-state index contributed by atoms with van der Waals surface area (Å²) in [7, 11) is 0. The number of fused-ring (bicyclic) bond motifs is 1. The number of hydrogen-bond donors (Lipinski definition) is 0. The van der Waals surface area contributed by atoms with Gasteiger partial charge in [-0.25, -0.2) is 0 Å². The maximum Gasteiger partial charge on any atom is 0.232 e. The van der Waals surface area contributed by atoms with E-state index < -0.39 is 0 Å². The lowest BCUT2D eigenvalue weighted by molar-refractivity contribution is -0.129. The maximum atomic E-state index is 12.7. The first-order chi connectivity index (χ1) is 13.7. The first-order valence-corrected chi connectivity index (χ1v) is 10.0. The normalized spacial score (nSPS) is 21.3. The first-order valence-electron chi connectivity index (χ1n) is 10.0. The predicted molar refractivity (Wildman–Crippen MR) is 106 cm³/mol. The molecule has 0 bridgehead atoms. The van der Waals surface area contributed by atoms with Crippen molar-refractivity contribution < 1.29 is 9.32 Å². The fourth-order valence-electron chi connectivity index (χ4n) is 4.46. The second-order valence-electron chi connectivity index (χ2n) is 7.71. The van der Waals surface area contributed by atoms with Gasteiger partial charge >= 0.3 is 0 Å². The van der Waals surface area contributed by atoms with Gasteiger partial charge < -0.3 is 9.42 Å². The summed E-state index contributed by atoms with van der Waals surface area (Å²) < 4.78 is 5.55. The highest BCUT2D eigenvalue weighted by molar-refractivity contribution is 5.80. The van der Waals surface area contributed by atoms with Crippen molar-refractivity contribution in [1.82, 2.24) is 15.0 Å². The van der Waals surface area contributed by atoms with Crippen LogP contribution in [0.25, 0.3) is 11.4 Å². The van der Waals surface area contributed by atoms with Crippen LogP contribution >= 0.6 is 0 Å². The number of carbonyl (C=O) groups excluding carboxylic acids is 1. The second-order valence-corrected chi connectivity index (χ2v) is 7.71. The van der Waals surface area contributed by atoms with Gasteiger partial charge in [-0.05, 0) is 36.0 Å². The van der Waals surface area contributed by atoms with E-state index in [9.17, 15) is 4.79 Å². The number of aromatic nitrogens is 2. The van der Waals surface area contributed by atoms with Crippen LogP contribution in [0.4, 0.5) is 0 Å². The van der Waals surface area contributed by atoms with E-state index in [2.05, 4.69) is 53.5 Å². The van der Waals surface area contributed by atoms with Crippen molar-refractivity contribution in [3.63, 3.8) is 0 Å². The SMILES string of the molecule is CCc1ccc(-c2noc(C3CC(=O)N(C4CCc5ccccc54)C3)n2)cc1. The summed E-state index contributed by atoms with van der Waals surface area (Å²) in [5, 5.41) is 4.15. The van der Waals surface area contributed by atoms with E-state index in [0.717, 1.165) is 24.8 Å². The van der Waals surface area contributed by atoms with Gasteiger partial charge in [0.15, 0.2) is 0 Å². The average Bonchev–Trinajstić information content (AvgIpc) is 3.46. The van der Waals surface area contributed by atoms with Crippen LogP contribution < -0.4 is 0 Å². The first kappa shape index (κ1) is 17.2. The molecule has 2 aromatic carbocycles. The summed E-state index contributed by atoms with van der Waals surface area (Å²) >= 11 is 0. The molecule has 2 atom stereocenters. The molecule has 5 heteroatoms. The number of rotatable bonds is 4. The summed E-state index contributed by atoms with van der Waals surface area (Å²) in [6.45, 7) is 2.78. The molecule has 1 aliphatic carbocycles. The zero-order valence-electron chi connectivity index (χ0n) is 16.0. The van der Waals surface area contributed by atoms with Crippen LogP contribution in [0, 0.1) is 0 Å². The van der Waals surface area contributed by atoms with Crippen LogP contribution in [0.5, 0.6) is 0 Å². The molecule has 0 saturated carbocycles. The van der Waals surface area contributed by atoms with Gasteiger partial charge in [0.1, 0.15) is 0 Å². The standard InChI is InChI=1S/C23H23N3O2/c1-2-15-7-9-17(10-8-15)22-24-23(28-25-22)18-13-21(27)26(14-18)20-12-11-16-5-3-4-6-19(16)20/h3-10,18,20H,2,11-14H2,1H3. The lowest BCUT2D eigenvalue weighted by Gasteiger charge is -2.25. The topological polar surface area (TPSA) is 59.2 Å². The van der Waals surface area contributed by atoms with Crippen LogP contribution in [0.2, 0.25) is 0 Å². The molecule has 1 aromatic heterocycles. The number of benzene rings is 2. The Kier molecular flexibility index (Phi) is 4.23. The number of aryl methyl sites for hydroxylation is 2. The Balaban J connectivity index is 1.34. The zero-order chi connectivity index (χ0) is 19.1. The molecule has 1 saturated heterocycles. The van der Waals surface area contributed by atoms with E-state index in [1.165, 1.54) is 16.7 Å². The minimum Gasteiger partial charge on any atom is -0.339 e. The van der Waals surface area contributed by atoms with E-state index in [4.69, 9.17) is 4.52 Å². The number of nitrogens with zero attached hydrogens (tertiary/aromatic N) is 3. The molecule has 1 amide bonds. The van der Waals surface area contributed by atoms with Crippen LogP contribution in [-0.4, -0.2) is 27.5 Å². The van der Waals surface area contributed by atoms with Gasteiger partial charge in [0.2, 0.25) is 17.6 Å². The van der Waals surface area contributed by atoms with E-state index in [-0.39, 0.29) is 17.9 Å². The van der Waals surface area contributed by atoms with Crippen molar-refractivity contribution in [2.75, 3.05) is 6.54 Å². The zero-order valence-corrected chi connectivity index (χ0v) is 16.0. The summed E-state index contributed by atoms with van der Waals surface area (Å²) in [5.41, 5.74) is 4.87. The van der Waals surface area contributed by atoms with Crippen LogP contribution in [0.3, 0.4) is 0 Å². The Morgan fingerprint density at radius 2 is 1.96 bits per heavy atom. The van der Waals surface area contributed by atoms with Crippen molar-refractivity contribution >= 4 is 5.91 Å². The number of carbonyl (C=O) groups is 1. The highest BCUT2D eigenvalue weighted by Gasteiger charge is 2.40. The minimum atomic E-state index is -0.0311. The Morgan fingerprint density at radius 1 is 1.14 bits per heavy atom. The third-order valence-corrected chi connectivity index (χ3v) is 6.05. The van der Waals surface area contributed by atoms with Crippen LogP contribution in [-0.2, 0) is 17.6 Å². The molecular formula is C23H23N3O2. The lowest BCUT2D eigenvalue weighted by Crippen LogP contribution is -2.28. The molecule has 142 valence electrons. The van der Waals surface area contributed by atoms with E-state index >= 15 is 0 Å². The molecule has 0 spiro atoms. The minimum absolute atomic E-state index is 0.0311. The second kappa shape index (κ2) is 6.89. The molecule has 2 aliphatic rings. The molecule has 5 nitrogen and oxygen atoms in total. The fraction of sp³-hybridized carbons (Fsp3) is 0.348. The lowest BCUT2D eigenvalue weighted by atomic mass is 10.1. The van der Waals surface area contributed by atoms with Gasteiger partial charge in [-0.1, -0.05) is 60.6 Å². The molecule has 5 rings (SSSR count). The van der Waals surface area contributed by atoms with Crippen LogP contribution in [0.1, 0.15) is 54.3 Å². The quantitative estimate of drug-likeness (QED) is 0.684. The van der Waals surface area contributed by atoms with Gasteiger partial charge in [0.25, 0.3) is 0 Å². The molecule has 2 heterocycles. The summed E-state index contributed by atoms with van der Waals surface area (Å²) in [5.74, 6) is 1.31. The average molecular weight is 373 g/mol. The van der Waals surface area contributed by atoms with Gasteiger partial charge in [0, 0.05) is 18.5 Å². The molecular weight excluding hydrogens is 350 g/mol.